The molecule has 0 aliphatic carbocycles. The molecule has 0 aliphatic heterocycles. The second kappa shape index (κ2) is 9.67. The highest BCUT2D eigenvalue weighted by atomic mass is 35.5. The standard InChI is InChI=1S/C20H22ClN5O2S/c1-13-8-9-14(10-15(13)21)22-11-18-24-25-20(26(18)2)29-12-19(27)23-16-6-4-5-7-17(16)28-3/h4-10,22H,11-12H2,1-3H3,(H,23,27). The van der Waals surface area contributed by atoms with E-state index in [2.05, 4.69) is 20.8 Å². The number of benzene rings is 2. The van der Waals surface area contributed by atoms with Crippen molar-refractivity contribution >= 4 is 40.6 Å². The molecule has 29 heavy (non-hydrogen) atoms. The Balaban J connectivity index is 1.55. The van der Waals surface area contributed by atoms with Crippen LogP contribution in [0.4, 0.5) is 11.4 Å². The fraction of sp³-hybridized carbons (Fsp3) is 0.250. The van der Waals surface area contributed by atoms with E-state index < -0.39 is 0 Å². The van der Waals surface area contributed by atoms with E-state index in [-0.39, 0.29) is 11.7 Å². The van der Waals surface area contributed by atoms with Crippen molar-refractivity contribution in [2.45, 2.75) is 18.6 Å². The van der Waals surface area contributed by atoms with Gasteiger partial charge in [0.05, 0.1) is 25.1 Å². The smallest absolute Gasteiger partial charge is 0.234 e. The molecule has 0 radical (unpaired) electrons. The lowest BCUT2D eigenvalue weighted by Crippen LogP contribution is -2.15. The van der Waals surface area contributed by atoms with Crippen LogP contribution in [-0.4, -0.2) is 33.5 Å². The molecular weight excluding hydrogens is 410 g/mol. The summed E-state index contributed by atoms with van der Waals surface area (Å²) >= 11 is 7.48. The zero-order valence-corrected chi connectivity index (χ0v) is 18.0. The number of anilines is 2. The first-order chi connectivity index (χ1) is 14.0. The summed E-state index contributed by atoms with van der Waals surface area (Å²) in [5, 5.41) is 15.9. The quantitative estimate of drug-likeness (QED) is 0.522. The molecule has 0 bridgehead atoms. The molecule has 1 heterocycles. The highest BCUT2D eigenvalue weighted by molar-refractivity contribution is 7.99. The van der Waals surface area contributed by atoms with Gasteiger partial charge < -0.3 is 19.9 Å². The molecule has 0 unspecified atom stereocenters. The highest BCUT2D eigenvalue weighted by Gasteiger charge is 2.13. The van der Waals surface area contributed by atoms with Gasteiger partial charge in [-0.15, -0.1) is 10.2 Å². The molecule has 0 fully saturated rings. The lowest BCUT2D eigenvalue weighted by atomic mass is 10.2. The van der Waals surface area contributed by atoms with Crippen LogP contribution in [0.3, 0.4) is 0 Å². The first-order valence-corrected chi connectivity index (χ1v) is 10.3. The third-order valence-corrected chi connectivity index (χ3v) is 5.69. The van der Waals surface area contributed by atoms with Gasteiger partial charge >= 0.3 is 0 Å². The summed E-state index contributed by atoms with van der Waals surface area (Å²) < 4.78 is 7.11. The van der Waals surface area contributed by atoms with Crippen LogP contribution >= 0.6 is 23.4 Å². The van der Waals surface area contributed by atoms with Crippen molar-refractivity contribution in [1.29, 1.82) is 0 Å². The highest BCUT2D eigenvalue weighted by Crippen LogP contribution is 2.24. The van der Waals surface area contributed by atoms with Crippen molar-refractivity contribution in [3.05, 3.63) is 58.9 Å². The minimum atomic E-state index is -0.142. The predicted octanol–water partition coefficient (Wildman–Crippen LogP) is 4.13. The fourth-order valence-corrected chi connectivity index (χ4v) is 3.48. The number of aryl methyl sites for hydroxylation is 1. The van der Waals surface area contributed by atoms with Gasteiger partial charge in [-0.05, 0) is 36.8 Å². The van der Waals surface area contributed by atoms with Crippen molar-refractivity contribution in [3.63, 3.8) is 0 Å². The number of methoxy groups -OCH3 is 1. The van der Waals surface area contributed by atoms with Gasteiger partial charge in [-0.3, -0.25) is 4.79 Å². The number of hydrogen-bond donors (Lipinski definition) is 2. The Morgan fingerprint density at radius 1 is 1.24 bits per heavy atom. The number of hydrogen-bond acceptors (Lipinski definition) is 6. The van der Waals surface area contributed by atoms with E-state index in [1.54, 1.807) is 19.2 Å². The average Bonchev–Trinajstić information content (AvgIpc) is 3.07. The van der Waals surface area contributed by atoms with Gasteiger partial charge in [-0.25, -0.2) is 0 Å². The van der Waals surface area contributed by atoms with E-state index in [1.807, 2.05) is 48.9 Å². The molecule has 9 heteroatoms. The van der Waals surface area contributed by atoms with Crippen molar-refractivity contribution in [1.82, 2.24) is 14.8 Å². The molecular formula is C20H22ClN5O2S. The zero-order valence-electron chi connectivity index (χ0n) is 16.4. The summed E-state index contributed by atoms with van der Waals surface area (Å²) in [5.74, 6) is 1.45. The molecule has 0 spiro atoms. The minimum Gasteiger partial charge on any atom is -0.495 e. The topological polar surface area (TPSA) is 81.1 Å². The molecule has 1 aromatic heterocycles. The van der Waals surface area contributed by atoms with Gasteiger partial charge in [0.25, 0.3) is 0 Å². The third kappa shape index (κ3) is 5.42. The van der Waals surface area contributed by atoms with Crippen LogP contribution in [0.1, 0.15) is 11.4 Å². The number of carbonyl (C=O) groups excluding carboxylic acids is 1. The monoisotopic (exact) mass is 431 g/mol. The maximum absolute atomic E-state index is 12.3. The van der Waals surface area contributed by atoms with Crippen LogP contribution in [0.15, 0.2) is 47.6 Å². The molecule has 0 saturated carbocycles. The zero-order chi connectivity index (χ0) is 20.8. The Morgan fingerprint density at radius 2 is 2.03 bits per heavy atom. The van der Waals surface area contributed by atoms with Gasteiger partial charge in [-0.1, -0.05) is 41.6 Å². The first kappa shape index (κ1) is 21.0. The van der Waals surface area contributed by atoms with Gasteiger partial charge in [0, 0.05) is 17.8 Å². The second-order valence-electron chi connectivity index (χ2n) is 6.31. The molecule has 0 saturated heterocycles. The van der Waals surface area contributed by atoms with Crippen LogP contribution in [-0.2, 0) is 18.4 Å². The maximum Gasteiger partial charge on any atom is 0.234 e. The summed E-state index contributed by atoms with van der Waals surface area (Å²) in [6.07, 6.45) is 0. The molecule has 152 valence electrons. The molecule has 2 N–H and O–H groups in total. The number of nitrogens with one attached hydrogen (secondary N) is 2. The van der Waals surface area contributed by atoms with E-state index in [4.69, 9.17) is 16.3 Å². The Hall–Kier alpha value is -2.71. The van der Waals surface area contributed by atoms with Crippen LogP contribution < -0.4 is 15.4 Å². The van der Waals surface area contributed by atoms with Crippen molar-refractivity contribution in [3.8, 4) is 5.75 Å². The molecule has 2 aromatic carbocycles. The Morgan fingerprint density at radius 3 is 2.79 bits per heavy atom. The SMILES string of the molecule is COc1ccccc1NC(=O)CSc1nnc(CNc2ccc(C)c(Cl)c2)n1C. The van der Waals surface area contributed by atoms with E-state index in [9.17, 15) is 4.79 Å². The van der Waals surface area contributed by atoms with Crippen molar-refractivity contribution in [2.24, 2.45) is 7.05 Å². The van der Waals surface area contributed by atoms with Gasteiger partial charge in [0.15, 0.2) is 11.0 Å². The Labute approximate surface area is 178 Å². The van der Waals surface area contributed by atoms with Gasteiger partial charge in [-0.2, -0.15) is 0 Å². The van der Waals surface area contributed by atoms with Crippen molar-refractivity contribution < 1.29 is 9.53 Å². The summed E-state index contributed by atoms with van der Waals surface area (Å²) in [6.45, 7) is 2.46. The van der Waals surface area contributed by atoms with Crippen LogP contribution in [0.5, 0.6) is 5.75 Å². The lowest BCUT2D eigenvalue weighted by Gasteiger charge is -2.10. The van der Waals surface area contributed by atoms with Crippen LogP contribution in [0.25, 0.3) is 0 Å². The van der Waals surface area contributed by atoms with E-state index in [0.29, 0.717) is 28.2 Å². The van der Waals surface area contributed by atoms with E-state index >= 15 is 0 Å². The average molecular weight is 432 g/mol. The number of aromatic nitrogens is 3. The number of rotatable bonds is 8. The lowest BCUT2D eigenvalue weighted by molar-refractivity contribution is -0.113. The second-order valence-corrected chi connectivity index (χ2v) is 7.66. The molecule has 3 rings (SSSR count). The Kier molecular flexibility index (Phi) is 7.00. The number of para-hydroxylation sites is 2. The fourth-order valence-electron chi connectivity index (χ4n) is 2.57. The summed E-state index contributed by atoms with van der Waals surface area (Å²) in [4.78, 5) is 12.3. The summed E-state index contributed by atoms with van der Waals surface area (Å²) in [6, 6.07) is 13.1. The normalized spacial score (nSPS) is 10.6. The van der Waals surface area contributed by atoms with E-state index in [0.717, 1.165) is 17.1 Å². The number of ether oxygens (including phenoxy) is 1. The molecule has 7 nitrogen and oxygen atoms in total. The van der Waals surface area contributed by atoms with Gasteiger partial charge in [0.2, 0.25) is 5.91 Å². The first-order valence-electron chi connectivity index (χ1n) is 8.92. The predicted molar refractivity (Wildman–Crippen MR) is 117 cm³/mol. The molecule has 0 atom stereocenters. The largest absolute Gasteiger partial charge is 0.495 e. The number of amides is 1. The summed E-state index contributed by atoms with van der Waals surface area (Å²) in [7, 11) is 3.44. The number of halogens is 1. The minimum absolute atomic E-state index is 0.142. The Bertz CT molecular complexity index is 1010. The molecule has 3 aromatic rings. The van der Waals surface area contributed by atoms with E-state index in [1.165, 1.54) is 11.8 Å². The number of carbonyl (C=O) groups is 1. The third-order valence-electron chi connectivity index (χ3n) is 4.26. The number of nitrogens with zero attached hydrogens (tertiary/aromatic N) is 3. The molecule has 1 amide bonds. The number of thioether (sulfide) groups is 1. The summed E-state index contributed by atoms with van der Waals surface area (Å²) in [5.41, 5.74) is 2.58. The van der Waals surface area contributed by atoms with Crippen molar-refractivity contribution in [2.75, 3.05) is 23.5 Å². The molecule has 0 aliphatic rings. The van der Waals surface area contributed by atoms with Gasteiger partial charge in [0.1, 0.15) is 5.75 Å². The maximum atomic E-state index is 12.3. The van der Waals surface area contributed by atoms with Crippen LogP contribution in [0.2, 0.25) is 5.02 Å². The van der Waals surface area contributed by atoms with Crippen LogP contribution in [0, 0.1) is 6.92 Å².